The van der Waals surface area contributed by atoms with Crippen LogP contribution in [0.2, 0.25) is 0 Å². The van der Waals surface area contributed by atoms with E-state index in [1.54, 1.807) is 6.92 Å². The molecule has 1 aliphatic carbocycles. The van der Waals surface area contributed by atoms with Crippen LogP contribution in [0.4, 0.5) is 8.78 Å². The largest absolute Gasteiger partial charge is 0.402 e. The normalized spacial score (nSPS) is 23.4. The SMILES string of the molecule is C/C(Cl)=C(\C=C(/C)N)C(=O)NOCC1CC1(F)F. The Morgan fingerprint density at radius 2 is 2.17 bits per heavy atom. The van der Waals surface area contributed by atoms with Gasteiger partial charge in [-0.15, -0.1) is 0 Å². The highest BCUT2D eigenvalue weighted by Crippen LogP contribution is 2.48. The second-order valence-electron chi connectivity index (χ2n) is 4.24. The number of halogens is 3. The fourth-order valence-corrected chi connectivity index (χ4v) is 1.40. The number of nitrogens with two attached hydrogens (primary N) is 1. The molecular formula is C11H15ClF2N2O2. The summed E-state index contributed by atoms with van der Waals surface area (Å²) in [5, 5.41) is 0.234. The van der Waals surface area contributed by atoms with Gasteiger partial charge in [0, 0.05) is 17.2 Å². The molecule has 0 saturated heterocycles. The molecule has 0 spiro atoms. The molecule has 0 aromatic heterocycles. The number of alkyl halides is 2. The molecule has 1 saturated carbocycles. The number of hydrogen-bond donors (Lipinski definition) is 2. The fraction of sp³-hybridized carbons (Fsp3) is 0.545. The van der Waals surface area contributed by atoms with E-state index < -0.39 is 17.7 Å². The van der Waals surface area contributed by atoms with Crippen molar-refractivity contribution in [1.29, 1.82) is 0 Å². The molecule has 1 aliphatic rings. The smallest absolute Gasteiger partial charge is 0.276 e. The maximum atomic E-state index is 12.5. The summed E-state index contributed by atoms with van der Waals surface area (Å²) in [5.41, 5.74) is 8.04. The van der Waals surface area contributed by atoms with E-state index in [0.29, 0.717) is 5.70 Å². The summed E-state index contributed by atoms with van der Waals surface area (Å²) < 4.78 is 25.1. The van der Waals surface area contributed by atoms with Gasteiger partial charge in [-0.1, -0.05) is 11.6 Å². The molecule has 18 heavy (non-hydrogen) atoms. The van der Waals surface area contributed by atoms with Crippen LogP contribution in [0.1, 0.15) is 20.3 Å². The summed E-state index contributed by atoms with van der Waals surface area (Å²) in [6.07, 6.45) is 1.18. The summed E-state index contributed by atoms with van der Waals surface area (Å²) in [7, 11) is 0. The van der Waals surface area contributed by atoms with Crippen molar-refractivity contribution in [2.75, 3.05) is 6.61 Å². The van der Waals surface area contributed by atoms with Crippen molar-refractivity contribution in [1.82, 2.24) is 5.48 Å². The second kappa shape index (κ2) is 5.67. The molecule has 0 bridgehead atoms. The molecule has 0 aromatic carbocycles. The zero-order chi connectivity index (χ0) is 13.9. The highest BCUT2D eigenvalue weighted by Gasteiger charge is 2.57. The van der Waals surface area contributed by atoms with E-state index in [-0.39, 0.29) is 23.6 Å². The third kappa shape index (κ3) is 4.27. The third-order valence-corrected chi connectivity index (χ3v) is 2.60. The average Bonchev–Trinajstić information content (AvgIpc) is 2.82. The number of carbonyl (C=O) groups is 1. The highest BCUT2D eigenvalue weighted by atomic mass is 35.5. The lowest BCUT2D eigenvalue weighted by atomic mass is 10.2. The van der Waals surface area contributed by atoms with Crippen molar-refractivity contribution in [2.24, 2.45) is 11.7 Å². The van der Waals surface area contributed by atoms with Crippen LogP contribution >= 0.6 is 11.6 Å². The number of rotatable bonds is 5. The minimum absolute atomic E-state index is 0.138. The molecule has 0 radical (unpaired) electrons. The van der Waals surface area contributed by atoms with E-state index in [9.17, 15) is 13.6 Å². The highest BCUT2D eigenvalue weighted by molar-refractivity contribution is 6.31. The van der Waals surface area contributed by atoms with Gasteiger partial charge >= 0.3 is 0 Å². The van der Waals surface area contributed by atoms with E-state index >= 15 is 0 Å². The van der Waals surface area contributed by atoms with Crippen LogP contribution < -0.4 is 11.2 Å². The summed E-state index contributed by atoms with van der Waals surface area (Å²) in [5.74, 6) is -4.11. The molecule has 0 heterocycles. The Bertz CT molecular complexity index is 400. The van der Waals surface area contributed by atoms with Crippen LogP contribution in [-0.4, -0.2) is 18.4 Å². The quantitative estimate of drug-likeness (QED) is 0.460. The van der Waals surface area contributed by atoms with Gasteiger partial charge in [-0.3, -0.25) is 9.63 Å². The molecule has 1 unspecified atom stereocenters. The van der Waals surface area contributed by atoms with Crippen LogP contribution in [-0.2, 0) is 9.63 Å². The lowest BCUT2D eigenvalue weighted by Crippen LogP contribution is -2.27. The number of hydroxylamine groups is 1. The minimum atomic E-state index is -2.67. The average molecular weight is 281 g/mol. The maximum Gasteiger partial charge on any atom is 0.276 e. The van der Waals surface area contributed by atoms with E-state index in [4.69, 9.17) is 22.2 Å². The van der Waals surface area contributed by atoms with Crippen molar-refractivity contribution in [3.63, 3.8) is 0 Å². The van der Waals surface area contributed by atoms with Crippen LogP contribution in [0.15, 0.2) is 22.4 Å². The molecule has 0 aliphatic heterocycles. The van der Waals surface area contributed by atoms with Gasteiger partial charge in [0.1, 0.15) is 0 Å². The van der Waals surface area contributed by atoms with Gasteiger partial charge in [0.05, 0.1) is 18.1 Å². The first kappa shape index (κ1) is 14.9. The van der Waals surface area contributed by atoms with Gasteiger partial charge < -0.3 is 5.73 Å². The van der Waals surface area contributed by atoms with Gasteiger partial charge in [-0.05, 0) is 19.9 Å². The lowest BCUT2D eigenvalue weighted by molar-refractivity contribution is -0.130. The van der Waals surface area contributed by atoms with Gasteiger partial charge in [0.15, 0.2) is 0 Å². The van der Waals surface area contributed by atoms with Crippen LogP contribution in [0.3, 0.4) is 0 Å². The molecule has 4 nitrogen and oxygen atoms in total. The number of amides is 1. The number of allylic oxidation sites excluding steroid dienone is 2. The summed E-state index contributed by atoms with van der Waals surface area (Å²) in [6.45, 7) is 2.89. The van der Waals surface area contributed by atoms with Gasteiger partial charge in [-0.25, -0.2) is 14.3 Å². The molecule has 1 rings (SSSR count). The Labute approximate surface area is 109 Å². The predicted molar refractivity (Wildman–Crippen MR) is 63.6 cm³/mol. The standard InChI is InChI=1S/C11H15ClF2N2O2/c1-6(15)3-9(7(2)12)10(17)16-18-5-8-4-11(8,13)14/h3,8H,4-5,15H2,1-2H3,(H,16,17)/b6-3+,9-7-. The van der Waals surface area contributed by atoms with E-state index in [1.807, 2.05) is 0 Å². The Morgan fingerprint density at radius 1 is 1.61 bits per heavy atom. The molecule has 1 amide bonds. The van der Waals surface area contributed by atoms with Crippen molar-refractivity contribution < 1.29 is 18.4 Å². The summed E-state index contributed by atoms with van der Waals surface area (Å²) in [6, 6.07) is 0. The second-order valence-corrected chi connectivity index (χ2v) is 4.81. The Hall–Kier alpha value is -1.14. The third-order valence-electron chi connectivity index (χ3n) is 2.39. The van der Waals surface area contributed by atoms with Crippen molar-refractivity contribution >= 4 is 17.5 Å². The van der Waals surface area contributed by atoms with E-state index in [1.165, 1.54) is 13.0 Å². The zero-order valence-corrected chi connectivity index (χ0v) is 10.9. The minimum Gasteiger partial charge on any atom is -0.402 e. The topological polar surface area (TPSA) is 64.4 Å². The molecular weight excluding hydrogens is 266 g/mol. The van der Waals surface area contributed by atoms with Gasteiger partial charge in [0.2, 0.25) is 0 Å². The van der Waals surface area contributed by atoms with Crippen molar-refractivity contribution in [2.45, 2.75) is 26.2 Å². The summed E-state index contributed by atoms with van der Waals surface area (Å²) in [4.78, 5) is 16.3. The molecule has 102 valence electrons. The Balaban J connectivity index is 2.44. The first-order valence-electron chi connectivity index (χ1n) is 5.34. The number of nitrogens with one attached hydrogen (secondary N) is 1. The van der Waals surface area contributed by atoms with Crippen LogP contribution in [0.25, 0.3) is 0 Å². The fourth-order valence-electron chi connectivity index (χ4n) is 1.26. The Morgan fingerprint density at radius 3 is 2.56 bits per heavy atom. The maximum absolute atomic E-state index is 12.5. The Kier molecular flexibility index (Phi) is 4.70. The van der Waals surface area contributed by atoms with E-state index in [2.05, 4.69) is 5.48 Å². The first-order valence-corrected chi connectivity index (χ1v) is 5.72. The zero-order valence-electron chi connectivity index (χ0n) is 10.1. The summed E-state index contributed by atoms with van der Waals surface area (Å²) >= 11 is 5.72. The van der Waals surface area contributed by atoms with Gasteiger partial charge in [0.25, 0.3) is 11.8 Å². The number of hydrogen-bond acceptors (Lipinski definition) is 3. The molecule has 7 heteroatoms. The van der Waals surface area contributed by atoms with Gasteiger partial charge in [-0.2, -0.15) is 0 Å². The van der Waals surface area contributed by atoms with Crippen molar-refractivity contribution in [3.8, 4) is 0 Å². The molecule has 1 fully saturated rings. The van der Waals surface area contributed by atoms with E-state index in [0.717, 1.165) is 0 Å². The first-order chi connectivity index (χ1) is 8.24. The van der Waals surface area contributed by atoms with Crippen molar-refractivity contribution in [3.05, 3.63) is 22.4 Å². The van der Waals surface area contributed by atoms with Crippen LogP contribution in [0.5, 0.6) is 0 Å². The number of carbonyl (C=O) groups excluding carboxylic acids is 1. The lowest BCUT2D eigenvalue weighted by Gasteiger charge is -2.07. The molecule has 3 N–H and O–H groups in total. The van der Waals surface area contributed by atoms with Crippen LogP contribution in [0, 0.1) is 5.92 Å². The molecule has 0 aromatic rings. The molecule has 1 atom stereocenters. The predicted octanol–water partition coefficient (Wildman–Crippen LogP) is 2.06. The monoisotopic (exact) mass is 280 g/mol.